The highest BCUT2D eigenvalue weighted by Gasteiger charge is 2.18. The molecule has 4 heteroatoms. The van der Waals surface area contributed by atoms with Gasteiger partial charge in [0.25, 0.3) is 0 Å². The average molecular weight is 257 g/mol. The van der Waals surface area contributed by atoms with Gasteiger partial charge in [-0.15, -0.1) is 11.6 Å². The first-order chi connectivity index (χ1) is 8.29. The fraction of sp³-hybridized carbons (Fsp3) is 0.846. The van der Waals surface area contributed by atoms with Gasteiger partial charge in [-0.25, -0.2) is 0 Å². The number of nitrogens with zero attached hydrogens (tertiary/aromatic N) is 2. The molecular weight excluding hydrogens is 236 g/mol. The van der Waals surface area contributed by atoms with Gasteiger partial charge in [0.05, 0.1) is 5.38 Å². The summed E-state index contributed by atoms with van der Waals surface area (Å²) in [5.74, 6) is 2.14. The van der Waals surface area contributed by atoms with E-state index in [1.54, 1.807) is 0 Å². The molecular formula is C13H21ClN2O. The molecule has 0 N–H and O–H groups in total. The molecule has 0 amide bonds. The van der Waals surface area contributed by atoms with Crippen LogP contribution in [0.25, 0.3) is 0 Å². The standard InChI is InChI=1S/C13H21ClN2O/c1-2-11(14)13-15-12(17-16-13)9-10-7-5-3-4-6-8-10/h10-11H,2-9H2,1H3. The van der Waals surface area contributed by atoms with Crippen molar-refractivity contribution in [1.82, 2.24) is 10.1 Å². The van der Waals surface area contributed by atoms with Crippen LogP contribution in [0.5, 0.6) is 0 Å². The van der Waals surface area contributed by atoms with E-state index in [0.717, 1.165) is 24.7 Å². The van der Waals surface area contributed by atoms with Crippen molar-refractivity contribution in [2.24, 2.45) is 5.92 Å². The monoisotopic (exact) mass is 256 g/mol. The second-order valence-electron chi connectivity index (χ2n) is 4.98. The third-order valence-electron chi connectivity index (χ3n) is 3.56. The van der Waals surface area contributed by atoms with E-state index in [4.69, 9.17) is 16.1 Å². The van der Waals surface area contributed by atoms with E-state index in [9.17, 15) is 0 Å². The van der Waals surface area contributed by atoms with Crippen LogP contribution in [0.2, 0.25) is 0 Å². The maximum atomic E-state index is 6.09. The smallest absolute Gasteiger partial charge is 0.226 e. The highest BCUT2D eigenvalue weighted by Crippen LogP contribution is 2.26. The van der Waals surface area contributed by atoms with E-state index >= 15 is 0 Å². The van der Waals surface area contributed by atoms with E-state index in [0.29, 0.717) is 5.82 Å². The van der Waals surface area contributed by atoms with Crippen LogP contribution in [0.15, 0.2) is 4.52 Å². The zero-order valence-electron chi connectivity index (χ0n) is 10.5. The average Bonchev–Trinajstić information content (AvgIpc) is 2.65. The Bertz CT molecular complexity index is 332. The first-order valence-corrected chi connectivity index (χ1v) is 7.19. The van der Waals surface area contributed by atoms with Crippen molar-refractivity contribution in [3.8, 4) is 0 Å². The Labute approximate surface area is 108 Å². The van der Waals surface area contributed by atoms with Crippen LogP contribution in [0.3, 0.4) is 0 Å². The molecule has 0 spiro atoms. The van der Waals surface area contributed by atoms with Gasteiger partial charge in [0.15, 0.2) is 5.82 Å². The van der Waals surface area contributed by atoms with Crippen LogP contribution in [0.4, 0.5) is 0 Å². The number of hydrogen-bond donors (Lipinski definition) is 0. The quantitative estimate of drug-likeness (QED) is 0.596. The van der Waals surface area contributed by atoms with Crippen LogP contribution in [-0.2, 0) is 6.42 Å². The largest absolute Gasteiger partial charge is 0.339 e. The SMILES string of the molecule is CCC(Cl)c1noc(CC2CCCCCC2)n1. The van der Waals surface area contributed by atoms with Gasteiger partial charge < -0.3 is 4.52 Å². The lowest BCUT2D eigenvalue weighted by Crippen LogP contribution is -2.03. The van der Waals surface area contributed by atoms with Crippen LogP contribution in [-0.4, -0.2) is 10.1 Å². The van der Waals surface area contributed by atoms with Gasteiger partial charge in [0.1, 0.15) is 0 Å². The fourth-order valence-corrected chi connectivity index (χ4v) is 2.56. The van der Waals surface area contributed by atoms with Gasteiger partial charge in [-0.2, -0.15) is 4.98 Å². The third-order valence-corrected chi connectivity index (χ3v) is 4.06. The summed E-state index contributed by atoms with van der Waals surface area (Å²) in [5, 5.41) is 3.85. The van der Waals surface area contributed by atoms with Crippen molar-refractivity contribution < 1.29 is 4.52 Å². The Morgan fingerprint density at radius 1 is 1.29 bits per heavy atom. The second kappa shape index (κ2) is 6.39. The Morgan fingerprint density at radius 3 is 2.65 bits per heavy atom. The zero-order chi connectivity index (χ0) is 12.1. The first-order valence-electron chi connectivity index (χ1n) is 6.76. The molecule has 17 heavy (non-hydrogen) atoms. The highest BCUT2D eigenvalue weighted by atomic mass is 35.5. The summed E-state index contributed by atoms with van der Waals surface area (Å²) in [6.45, 7) is 2.03. The molecule has 96 valence electrons. The molecule has 1 aromatic heterocycles. The highest BCUT2D eigenvalue weighted by molar-refractivity contribution is 6.20. The molecule has 1 aliphatic rings. The molecule has 0 bridgehead atoms. The third kappa shape index (κ3) is 3.70. The van der Waals surface area contributed by atoms with Crippen LogP contribution in [0.1, 0.15) is 69.0 Å². The predicted octanol–water partition coefficient (Wildman–Crippen LogP) is 4.27. The minimum atomic E-state index is -0.110. The molecule has 3 nitrogen and oxygen atoms in total. The van der Waals surface area contributed by atoms with Crippen LogP contribution < -0.4 is 0 Å². The fourth-order valence-electron chi connectivity index (χ4n) is 2.48. The van der Waals surface area contributed by atoms with Gasteiger partial charge in [0, 0.05) is 6.42 Å². The number of alkyl halides is 1. The van der Waals surface area contributed by atoms with Crippen molar-refractivity contribution in [2.45, 2.75) is 63.7 Å². The summed E-state index contributed by atoms with van der Waals surface area (Å²) in [6.07, 6.45) is 9.82. The Hall–Kier alpha value is -0.570. The van der Waals surface area contributed by atoms with E-state index in [-0.39, 0.29) is 5.38 Å². The number of rotatable bonds is 4. The molecule has 1 aromatic rings. The van der Waals surface area contributed by atoms with E-state index in [1.165, 1.54) is 38.5 Å². The van der Waals surface area contributed by atoms with Crippen LogP contribution >= 0.6 is 11.6 Å². The molecule has 1 unspecified atom stereocenters. The van der Waals surface area contributed by atoms with Crippen molar-refractivity contribution in [1.29, 1.82) is 0 Å². The van der Waals surface area contributed by atoms with Crippen molar-refractivity contribution in [3.63, 3.8) is 0 Å². The molecule has 1 aliphatic carbocycles. The van der Waals surface area contributed by atoms with E-state index in [1.807, 2.05) is 6.92 Å². The molecule has 1 fully saturated rings. The van der Waals surface area contributed by atoms with Crippen molar-refractivity contribution >= 4 is 11.6 Å². The van der Waals surface area contributed by atoms with Crippen LogP contribution in [0, 0.1) is 5.92 Å². The van der Waals surface area contributed by atoms with Crippen molar-refractivity contribution in [3.05, 3.63) is 11.7 Å². The molecule has 1 saturated carbocycles. The van der Waals surface area contributed by atoms with E-state index in [2.05, 4.69) is 10.1 Å². The first kappa shape index (κ1) is 12.9. The maximum Gasteiger partial charge on any atom is 0.226 e. The van der Waals surface area contributed by atoms with Gasteiger partial charge in [0.2, 0.25) is 5.89 Å². The summed E-state index contributed by atoms with van der Waals surface area (Å²) < 4.78 is 5.29. The summed E-state index contributed by atoms with van der Waals surface area (Å²) >= 11 is 6.09. The Morgan fingerprint density at radius 2 is 2.00 bits per heavy atom. The number of halogens is 1. The van der Waals surface area contributed by atoms with Gasteiger partial charge in [-0.05, 0) is 25.2 Å². The Balaban J connectivity index is 1.91. The normalized spacial score (nSPS) is 20.1. The topological polar surface area (TPSA) is 38.9 Å². The summed E-state index contributed by atoms with van der Waals surface area (Å²) in [5.41, 5.74) is 0. The Kier molecular flexibility index (Phi) is 4.84. The molecule has 1 heterocycles. The van der Waals surface area contributed by atoms with Gasteiger partial charge in [-0.1, -0.05) is 37.8 Å². The molecule has 1 atom stereocenters. The molecule has 0 aromatic carbocycles. The molecule has 0 saturated heterocycles. The molecule has 0 aliphatic heterocycles. The summed E-state index contributed by atoms with van der Waals surface area (Å²) in [6, 6.07) is 0. The van der Waals surface area contributed by atoms with E-state index < -0.39 is 0 Å². The summed E-state index contributed by atoms with van der Waals surface area (Å²) in [4.78, 5) is 4.40. The van der Waals surface area contributed by atoms with Gasteiger partial charge >= 0.3 is 0 Å². The maximum absolute atomic E-state index is 6.09. The lowest BCUT2D eigenvalue weighted by Gasteiger charge is -2.09. The number of aromatic nitrogens is 2. The predicted molar refractivity (Wildman–Crippen MR) is 68.1 cm³/mol. The molecule has 2 rings (SSSR count). The van der Waals surface area contributed by atoms with Gasteiger partial charge in [-0.3, -0.25) is 0 Å². The summed E-state index contributed by atoms with van der Waals surface area (Å²) in [7, 11) is 0. The molecule has 0 radical (unpaired) electrons. The zero-order valence-corrected chi connectivity index (χ0v) is 11.2. The lowest BCUT2D eigenvalue weighted by atomic mass is 9.97. The number of hydrogen-bond acceptors (Lipinski definition) is 3. The minimum Gasteiger partial charge on any atom is -0.339 e. The second-order valence-corrected chi connectivity index (χ2v) is 5.51. The minimum absolute atomic E-state index is 0.110. The van der Waals surface area contributed by atoms with Crippen molar-refractivity contribution in [2.75, 3.05) is 0 Å². The lowest BCUT2D eigenvalue weighted by molar-refractivity contribution is 0.335.